The molecule has 1 amide bonds. The molecule has 27 heavy (non-hydrogen) atoms. The van der Waals surface area contributed by atoms with Gasteiger partial charge in [-0.2, -0.15) is 0 Å². The zero-order valence-electron chi connectivity index (χ0n) is 15.2. The zero-order chi connectivity index (χ0) is 19.0. The number of nitrogens with zero attached hydrogens (tertiary/aromatic N) is 3. The molecule has 1 aromatic carbocycles. The smallest absolute Gasteiger partial charge is 0.270 e. The number of rotatable bonds is 5. The Balaban J connectivity index is 1.73. The topological polar surface area (TPSA) is 104 Å². The van der Waals surface area contributed by atoms with E-state index in [1.54, 1.807) is 0 Å². The van der Waals surface area contributed by atoms with Crippen LogP contribution in [0, 0.1) is 5.92 Å². The number of carbonyl (C=O) groups excluding carboxylic acids is 1. The SMILES string of the molecule is CC(C)CNC(=O)c1c2ncnc(N)c2cn1Cc1ccc2c(c1)OCO2. The second kappa shape index (κ2) is 6.79. The molecule has 0 unspecified atom stereocenters. The number of hydrogen-bond donors (Lipinski definition) is 2. The van der Waals surface area contributed by atoms with E-state index in [1.807, 2.05) is 42.8 Å². The van der Waals surface area contributed by atoms with Crippen molar-refractivity contribution < 1.29 is 14.3 Å². The first-order valence-electron chi connectivity index (χ1n) is 8.79. The van der Waals surface area contributed by atoms with E-state index in [-0.39, 0.29) is 12.7 Å². The van der Waals surface area contributed by atoms with Crippen molar-refractivity contribution in [2.24, 2.45) is 5.92 Å². The minimum atomic E-state index is -0.183. The molecule has 8 nitrogen and oxygen atoms in total. The van der Waals surface area contributed by atoms with Crippen molar-refractivity contribution in [2.45, 2.75) is 20.4 Å². The summed E-state index contributed by atoms with van der Waals surface area (Å²) in [6.07, 6.45) is 3.20. The highest BCUT2D eigenvalue weighted by atomic mass is 16.7. The third-order valence-corrected chi connectivity index (χ3v) is 4.39. The number of fused-ring (bicyclic) bond motifs is 2. The minimum absolute atomic E-state index is 0.183. The van der Waals surface area contributed by atoms with Gasteiger partial charge in [-0.1, -0.05) is 19.9 Å². The highest BCUT2D eigenvalue weighted by molar-refractivity contribution is 6.06. The Hall–Kier alpha value is -3.29. The Morgan fingerprint density at radius 3 is 2.93 bits per heavy atom. The average molecular weight is 367 g/mol. The molecule has 1 aliphatic heterocycles. The van der Waals surface area contributed by atoms with Gasteiger partial charge in [-0.25, -0.2) is 9.97 Å². The Morgan fingerprint density at radius 2 is 2.11 bits per heavy atom. The van der Waals surface area contributed by atoms with Crippen molar-refractivity contribution in [3.8, 4) is 11.5 Å². The van der Waals surface area contributed by atoms with E-state index in [1.165, 1.54) is 6.33 Å². The van der Waals surface area contributed by atoms with Crippen molar-refractivity contribution in [1.29, 1.82) is 0 Å². The second-order valence-electron chi connectivity index (χ2n) is 6.92. The fourth-order valence-corrected chi connectivity index (χ4v) is 3.06. The quantitative estimate of drug-likeness (QED) is 0.716. The summed E-state index contributed by atoms with van der Waals surface area (Å²) in [6, 6.07) is 5.73. The van der Waals surface area contributed by atoms with Crippen LogP contribution in [0.4, 0.5) is 5.82 Å². The Labute approximate surface area is 156 Å². The Kier molecular flexibility index (Phi) is 4.31. The molecule has 0 bridgehead atoms. The largest absolute Gasteiger partial charge is 0.454 e. The van der Waals surface area contributed by atoms with Crippen LogP contribution in [-0.2, 0) is 6.54 Å². The van der Waals surface area contributed by atoms with Gasteiger partial charge < -0.3 is 25.1 Å². The van der Waals surface area contributed by atoms with Crippen LogP contribution < -0.4 is 20.5 Å². The van der Waals surface area contributed by atoms with E-state index >= 15 is 0 Å². The van der Waals surface area contributed by atoms with Crippen molar-refractivity contribution in [3.63, 3.8) is 0 Å². The zero-order valence-corrected chi connectivity index (χ0v) is 15.2. The molecule has 3 heterocycles. The highest BCUT2D eigenvalue weighted by Gasteiger charge is 2.21. The first-order valence-corrected chi connectivity index (χ1v) is 8.79. The maximum atomic E-state index is 12.9. The van der Waals surface area contributed by atoms with E-state index in [9.17, 15) is 4.79 Å². The van der Waals surface area contributed by atoms with Gasteiger partial charge in [0, 0.05) is 19.3 Å². The van der Waals surface area contributed by atoms with E-state index < -0.39 is 0 Å². The third kappa shape index (κ3) is 3.25. The number of aromatic nitrogens is 3. The minimum Gasteiger partial charge on any atom is -0.454 e. The van der Waals surface area contributed by atoms with E-state index in [2.05, 4.69) is 15.3 Å². The van der Waals surface area contributed by atoms with Crippen LogP contribution >= 0.6 is 0 Å². The standard InChI is InChI=1S/C19H21N5O3/c1-11(2)6-21-19(25)17-16-13(18(20)23-9-22-16)8-24(17)7-12-3-4-14-15(5-12)27-10-26-14/h3-5,8-9,11H,6-7,10H2,1-2H3,(H,21,25)(H2,20,22,23). The molecule has 0 aliphatic carbocycles. The predicted molar refractivity (Wildman–Crippen MR) is 101 cm³/mol. The van der Waals surface area contributed by atoms with Crippen LogP contribution in [0.3, 0.4) is 0 Å². The number of nitrogens with two attached hydrogens (primary N) is 1. The molecular formula is C19H21N5O3. The molecule has 2 aromatic heterocycles. The molecule has 4 rings (SSSR count). The monoisotopic (exact) mass is 367 g/mol. The maximum absolute atomic E-state index is 12.9. The summed E-state index contributed by atoms with van der Waals surface area (Å²) in [5.41, 5.74) is 7.99. The lowest BCUT2D eigenvalue weighted by Crippen LogP contribution is -2.29. The first-order chi connectivity index (χ1) is 13.0. The van der Waals surface area contributed by atoms with Gasteiger partial charge in [0.05, 0.1) is 5.39 Å². The molecule has 0 saturated heterocycles. The van der Waals surface area contributed by atoms with Gasteiger partial charge in [-0.15, -0.1) is 0 Å². The number of amides is 1. The lowest BCUT2D eigenvalue weighted by molar-refractivity contribution is 0.0941. The number of hydrogen-bond acceptors (Lipinski definition) is 6. The average Bonchev–Trinajstić information content (AvgIpc) is 3.24. The lowest BCUT2D eigenvalue weighted by Gasteiger charge is -2.12. The van der Waals surface area contributed by atoms with Gasteiger partial charge >= 0.3 is 0 Å². The van der Waals surface area contributed by atoms with Gasteiger partial charge in [-0.05, 0) is 23.6 Å². The van der Waals surface area contributed by atoms with Crippen LogP contribution in [-0.4, -0.2) is 33.8 Å². The number of nitrogen functional groups attached to an aromatic ring is 1. The van der Waals surface area contributed by atoms with Crippen LogP contribution in [0.1, 0.15) is 29.9 Å². The van der Waals surface area contributed by atoms with E-state index in [0.29, 0.717) is 47.2 Å². The van der Waals surface area contributed by atoms with Crippen LogP contribution in [0.15, 0.2) is 30.7 Å². The Morgan fingerprint density at radius 1 is 1.30 bits per heavy atom. The number of benzene rings is 1. The molecule has 0 fully saturated rings. The summed E-state index contributed by atoms with van der Waals surface area (Å²) in [7, 11) is 0. The summed E-state index contributed by atoms with van der Waals surface area (Å²) in [4.78, 5) is 21.2. The second-order valence-corrected chi connectivity index (χ2v) is 6.92. The number of carbonyl (C=O) groups is 1. The molecule has 140 valence electrons. The summed E-state index contributed by atoms with van der Waals surface area (Å²) in [5.74, 6) is 1.94. The molecule has 3 N–H and O–H groups in total. The summed E-state index contributed by atoms with van der Waals surface area (Å²) >= 11 is 0. The van der Waals surface area contributed by atoms with Gasteiger partial charge in [-0.3, -0.25) is 4.79 Å². The number of nitrogens with one attached hydrogen (secondary N) is 1. The van der Waals surface area contributed by atoms with Crippen molar-refractivity contribution >= 4 is 22.6 Å². The van der Waals surface area contributed by atoms with E-state index in [4.69, 9.17) is 15.2 Å². The van der Waals surface area contributed by atoms with Gasteiger partial charge in [0.15, 0.2) is 11.5 Å². The van der Waals surface area contributed by atoms with Crippen molar-refractivity contribution in [2.75, 3.05) is 19.1 Å². The summed E-state index contributed by atoms with van der Waals surface area (Å²) in [5, 5.41) is 3.62. The number of ether oxygens (including phenoxy) is 2. The molecule has 3 aromatic rings. The van der Waals surface area contributed by atoms with Gasteiger partial charge in [0.2, 0.25) is 6.79 Å². The molecule has 0 saturated carbocycles. The van der Waals surface area contributed by atoms with Gasteiger partial charge in [0.1, 0.15) is 23.4 Å². The molecule has 8 heteroatoms. The Bertz CT molecular complexity index is 1010. The molecule has 1 aliphatic rings. The fourth-order valence-electron chi connectivity index (χ4n) is 3.06. The van der Waals surface area contributed by atoms with Crippen LogP contribution in [0.25, 0.3) is 10.9 Å². The fraction of sp³-hybridized carbons (Fsp3) is 0.316. The highest BCUT2D eigenvalue weighted by Crippen LogP contribution is 2.33. The molecule has 0 spiro atoms. The van der Waals surface area contributed by atoms with E-state index in [0.717, 1.165) is 11.3 Å². The van der Waals surface area contributed by atoms with Gasteiger partial charge in [0.25, 0.3) is 5.91 Å². The molecule has 0 radical (unpaired) electrons. The van der Waals surface area contributed by atoms with Crippen molar-refractivity contribution in [3.05, 3.63) is 42.0 Å². The third-order valence-electron chi connectivity index (χ3n) is 4.39. The summed E-state index contributed by atoms with van der Waals surface area (Å²) in [6.45, 7) is 5.36. The maximum Gasteiger partial charge on any atom is 0.270 e. The molecule has 0 atom stereocenters. The number of anilines is 1. The van der Waals surface area contributed by atoms with Crippen LogP contribution in [0.2, 0.25) is 0 Å². The normalized spacial score (nSPS) is 12.7. The first kappa shape index (κ1) is 17.1. The van der Waals surface area contributed by atoms with Crippen LogP contribution in [0.5, 0.6) is 11.5 Å². The summed E-state index contributed by atoms with van der Waals surface area (Å²) < 4.78 is 12.7. The van der Waals surface area contributed by atoms with Crippen molar-refractivity contribution in [1.82, 2.24) is 19.9 Å². The molecular weight excluding hydrogens is 346 g/mol. The lowest BCUT2D eigenvalue weighted by atomic mass is 10.2. The predicted octanol–water partition coefficient (Wildman–Crippen LogP) is 2.18.